The summed E-state index contributed by atoms with van der Waals surface area (Å²) in [6.45, 7) is 1.50. The summed E-state index contributed by atoms with van der Waals surface area (Å²) in [7, 11) is 0. The fraction of sp³-hybridized carbons (Fsp3) is 0.258. The number of fused-ring (bicyclic) bond motifs is 1. The van der Waals surface area contributed by atoms with Crippen molar-refractivity contribution in [2.24, 2.45) is 0 Å². The number of carboxylic acid groups (broad SMARTS) is 1. The summed E-state index contributed by atoms with van der Waals surface area (Å²) in [5.74, 6) is -0.330. The fourth-order valence-corrected chi connectivity index (χ4v) is 5.11. The van der Waals surface area contributed by atoms with E-state index in [-0.39, 0.29) is 12.3 Å². The van der Waals surface area contributed by atoms with E-state index in [2.05, 4.69) is 30.3 Å². The Hall–Kier alpha value is -3.99. The molecular formula is C31H30N2O3. The Labute approximate surface area is 211 Å². The molecule has 0 bridgehead atoms. The number of aromatic nitrogens is 1. The number of unbranched alkanes of at least 4 members (excludes halogenated alkanes) is 1. The van der Waals surface area contributed by atoms with Crippen molar-refractivity contribution in [2.45, 2.75) is 38.0 Å². The van der Waals surface area contributed by atoms with Crippen molar-refractivity contribution < 1.29 is 14.7 Å². The lowest BCUT2D eigenvalue weighted by Gasteiger charge is -2.17. The predicted molar refractivity (Wildman–Crippen MR) is 142 cm³/mol. The zero-order valence-corrected chi connectivity index (χ0v) is 20.3. The van der Waals surface area contributed by atoms with Gasteiger partial charge in [0.25, 0.3) is 5.91 Å². The van der Waals surface area contributed by atoms with Crippen LogP contribution in [0.5, 0.6) is 0 Å². The van der Waals surface area contributed by atoms with Crippen LogP contribution in [0.2, 0.25) is 0 Å². The van der Waals surface area contributed by atoms with Crippen molar-refractivity contribution >= 4 is 22.8 Å². The third-order valence-corrected chi connectivity index (χ3v) is 7.02. The van der Waals surface area contributed by atoms with Gasteiger partial charge in [-0.05, 0) is 61.1 Å². The minimum atomic E-state index is -0.769. The highest BCUT2D eigenvalue weighted by atomic mass is 16.4. The first-order valence-corrected chi connectivity index (χ1v) is 12.6. The molecule has 182 valence electrons. The normalized spacial score (nSPS) is 15.3. The molecule has 1 aliphatic heterocycles. The summed E-state index contributed by atoms with van der Waals surface area (Å²) in [5.41, 5.74) is 5.86. The first kappa shape index (κ1) is 23.7. The Balaban J connectivity index is 1.40. The molecule has 0 radical (unpaired) electrons. The van der Waals surface area contributed by atoms with Crippen molar-refractivity contribution in [1.29, 1.82) is 0 Å². The SMILES string of the molecule is O=C(O)CCCCc1cc2cc(C(=O)N3CC[C@@H](c4ccccc4)C3)ccc2nc1-c1ccccc1. The van der Waals surface area contributed by atoms with E-state index in [4.69, 9.17) is 10.1 Å². The number of benzene rings is 3. The molecule has 4 aromatic rings. The molecular weight excluding hydrogens is 448 g/mol. The van der Waals surface area contributed by atoms with Gasteiger partial charge in [-0.25, -0.2) is 4.98 Å². The third-order valence-electron chi connectivity index (χ3n) is 7.02. The van der Waals surface area contributed by atoms with Crippen LogP contribution in [-0.2, 0) is 11.2 Å². The van der Waals surface area contributed by atoms with Crippen LogP contribution in [0.3, 0.4) is 0 Å². The molecule has 2 heterocycles. The molecule has 5 heteroatoms. The largest absolute Gasteiger partial charge is 0.481 e. The van der Waals surface area contributed by atoms with Gasteiger partial charge in [0.05, 0.1) is 11.2 Å². The molecule has 1 fully saturated rings. The molecule has 1 N–H and O–H groups in total. The van der Waals surface area contributed by atoms with Gasteiger partial charge in [-0.3, -0.25) is 9.59 Å². The molecule has 0 saturated carbocycles. The number of carboxylic acids is 1. The first-order valence-electron chi connectivity index (χ1n) is 12.6. The fourth-order valence-electron chi connectivity index (χ4n) is 5.11. The molecule has 5 rings (SSSR count). The van der Waals surface area contributed by atoms with Crippen molar-refractivity contribution in [3.63, 3.8) is 0 Å². The van der Waals surface area contributed by atoms with Crippen molar-refractivity contribution in [3.05, 3.63) is 102 Å². The summed E-state index contributed by atoms with van der Waals surface area (Å²) in [4.78, 5) is 31.2. The topological polar surface area (TPSA) is 70.5 Å². The highest BCUT2D eigenvalue weighted by Crippen LogP contribution is 2.30. The second kappa shape index (κ2) is 10.7. The zero-order valence-electron chi connectivity index (χ0n) is 20.3. The lowest BCUT2D eigenvalue weighted by atomic mass is 9.98. The van der Waals surface area contributed by atoms with Gasteiger partial charge in [0.15, 0.2) is 0 Å². The lowest BCUT2D eigenvalue weighted by molar-refractivity contribution is -0.137. The molecule has 1 saturated heterocycles. The Morgan fingerprint density at radius 2 is 1.67 bits per heavy atom. The van der Waals surface area contributed by atoms with Gasteiger partial charge >= 0.3 is 5.97 Å². The monoisotopic (exact) mass is 478 g/mol. The van der Waals surface area contributed by atoms with Gasteiger partial charge in [-0.2, -0.15) is 0 Å². The van der Waals surface area contributed by atoms with E-state index in [1.54, 1.807) is 0 Å². The number of hydrogen-bond donors (Lipinski definition) is 1. The zero-order chi connectivity index (χ0) is 24.9. The summed E-state index contributed by atoms with van der Waals surface area (Å²) in [6, 6.07) is 28.4. The number of rotatable bonds is 8. The van der Waals surface area contributed by atoms with E-state index in [1.165, 1.54) is 5.56 Å². The Morgan fingerprint density at radius 1 is 0.917 bits per heavy atom. The lowest BCUT2D eigenvalue weighted by Crippen LogP contribution is -2.28. The Bertz CT molecular complexity index is 1370. The standard InChI is InChI=1S/C31H30N2O3/c34-29(35)14-8-7-13-24-19-27-20-25(15-16-28(27)32-30(24)23-11-5-2-6-12-23)31(36)33-18-17-26(21-33)22-9-3-1-4-10-22/h1-6,9-12,15-16,19-20,26H,7-8,13-14,17-18,21H2,(H,34,35)/t26-/m1/s1. The molecule has 36 heavy (non-hydrogen) atoms. The van der Waals surface area contributed by atoms with E-state index < -0.39 is 5.97 Å². The van der Waals surface area contributed by atoms with Gasteiger partial charge in [-0.15, -0.1) is 0 Å². The van der Waals surface area contributed by atoms with Crippen LogP contribution >= 0.6 is 0 Å². The maximum atomic E-state index is 13.4. The number of nitrogens with zero attached hydrogens (tertiary/aromatic N) is 2. The van der Waals surface area contributed by atoms with E-state index in [0.717, 1.165) is 60.1 Å². The molecule has 1 atom stereocenters. The number of hydrogen-bond acceptors (Lipinski definition) is 3. The quantitative estimate of drug-likeness (QED) is 0.301. The average molecular weight is 479 g/mol. The maximum absolute atomic E-state index is 13.4. The van der Waals surface area contributed by atoms with Crippen LogP contribution in [0.1, 0.15) is 53.1 Å². The summed E-state index contributed by atoms with van der Waals surface area (Å²) in [5, 5.41) is 9.93. The maximum Gasteiger partial charge on any atom is 0.303 e. The van der Waals surface area contributed by atoms with E-state index in [1.807, 2.05) is 59.5 Å². The second-order valence-electron chi connectivity index (χ2n) is 9.52. The van der Waals surface area contributed by atoms with Crippen LogP contribution < -0.4 is 0 Å². The molecule has 0 unspecified atom stereocenters. The van der Waals surface area contributed by atoms with Gasteiger partial charge in [0.1, 0.15) is 0 Å². The minimum absolute atomic E-state index is 0.0606. The van der Waals surface area contributed by atoms with E-state index >= 15 is 0 Å². The molecule has 0 aliphatic carbocycles. The molecule has 1 amide bonds. The molecule has 1 aromatic heterocycles. The Kier molecular flexibility index (Phi) is 7.08. The third kappa shape index (κ3) is 5.30. The summed E-state index contributed by atoms with van der Waals surface area (Å²) >= 11 is 0. The van der Waals surface area contributed by atoms with E-state index in [0.29, 0.717) is 17.9 Å². The number of aliphatic carboxylic acids is 1. The van der Waals surface area contributed by atoms with E-state index in [9.17, 15) is 9.59 Å². The first-order chi connectivity index (χ1) is 17.6. The molecule has 3 aromatic carbocycles. The Morgan fingerprint density at radius 3 is 2.42 bits per heavy atom. The van der Waals surface area contributed by atoms with Crippen molar-refractivity contribution in [2.75, 3.05) is 13.1 Å². The minimum Gasteiger partial charge on any atom is -0.481 e. The van der Waals surface area contributed by atoms with Crippen molar-refractivity contribution in [1.82, 2.24) is 9.88 Å². The summed E-state index contributed by atoms with van der Waals surface area (Å²) < 4.78 is 0. The van der Waals surface area contributed by atoms with Gasteiger partial charge in [0.2, 0.25) is 0 Å². The van der Waals surface area contributed by atoms with Gasteiger partial charge in [-0.1, -0.05) is 60.7 Å². The molecule has 1 aliphatic rings. The van der Waals surface area contributed by atoms with Gasteiger partial charge < -0.3 is 10.0 Å². The smallest absolute Gasteiger partial charge is 0.303 e. The highest BCUT2D eigenvalue weighted by molar-refractivity contribution is 5.98. The van der Waals surface area contributed by atoms with Crippen LogP contribution in [0.4, 0.5) is 0 Å². The highest BCUT2D eigenvalue weighted by Gasteiger charge is 2.28. The number of amides is 1. The number of carbonyl (C=O) groups is 2. The second-order valence-corrected chi connectivity index (χ2v) is 9.52. The van der Waals surface area contributed by atoms with Crippen molar-refractivity contribution in [3.8, 4) is 11.3 Å². The number of aryl methyl sites for hydroxylation is 1. The predicted octanol–water partition coefficient (Wildman–Crippen LogP) is 6.33. The number of pyridine rings is 1. The average Bonchev–Trinajstić information content (AvgIpc) is 3.41. The van der Waals surface area contributed by atoms with Crippen LogP contribution in [0.25, 0.3) is 22.2 Å². The number of carbonyl (C=O) groups excluding carboxylic acids is 1. The summed E-state index contributed by atoms with van der Waals surface area (Å²) in [6.07, 6.45) is 3.28. The molecule has 0 spiro atoms. The van der Waals surface area contributed by atoms with Crippen LogP contribution in [0, 0.1) is 0 Å². The number of likely N-dealkylation sites (tertiary alicyclic amines) is 1. The van der Waals surface area contributed by atoms with Crippen LogP contribution in [-0.4, -0.2) is 40.0 Å². The van der Waals surface area contributed by atoms with Crippen LogP contribution in [0.15, 0.2) is 84.9 Å². The molecule has 5 nitrogen and oxygen atoms in total. The van der Waals surface area contributed by atoms with Gasteiger partial charge in [0, 0.05) is 41.9 Å².